The standard InChI is InChI=1S/C19H34N4/c1-4-18-14-22(9-10-23(18)15(2)3)13-17-12-20-19(21-17)11-16-7-5-6-8-16/h12,15-16,18H,4-11,13-14H2,1-3H3,(H,20,21)/t18-/m0/s1. The topological polar surface area (TPSA) is 35.2 Å². The van der Waals surface area contributed by atoms with E-state index in [1.54, 1.807) is 0 Å². The van der Waals surface area contributed by atoms with Gasteiger partial charge in [0.2, 0.25) is 0 Å². The van der Waals surface area contributed by atoms with Crippen molar-refractivity contribution in [3.8, 4) is 0 Å². The molecule has 0 bridgehead atoms. The van der Waals surface area contributed by atoms with Gasteiger partial charge in [-0.25, -0.2) is 4.98 Å². The van der Waals surface area contributed by atoms with E-state index >= 15 is 0 Å². The van der Waals surface area contributed by atoms with Gasteiger partial charge >= 0.3 is 0 Å². The van der Waals surface area contributed by atoms with Crippen molar-refractivity contribution in [1.82, 2.24) is 19.8 Å². The van der Waals surface area contributed by atoms with Gasteiger partial charge in [0.05, 0.1) is 0 Å². The van der Waals surface area contributed by atoms with E-state index in [9.17, 15) is 0 Å². The van der Waals surface area contributed by atoms with Gasteiger partial charge in [0, 0.05) is 56.6 Å². The zero-order chi connectivity index (χ0) is 16.2. The molecule has 1 saturated carbocycles. The number of rotatable bonds is 6. The third-order valence-corrected chi connectivity index (χ3v) is 5.78. The average Bonchev–Trinajstić information content (AvgIpc) is 3.19. The summed E-state index contributed by atoms with van der Waals surface area (Å²) in [6.45, 7) is 11.5. The van der Waals surface area contributed by atoms with Crippen molar-refractivity contribution in [1.29, 1.82) is 0 Å². The van der Waals surface area contributed by atoms with Crippen LogP contribution in [0.4, 0.5) is 0 Å². The quantitative estimate of drug-likeness (QED) is 0.872. The number of nitrogens with zero attached hydrogens (tertiary/aromatic N) is 3. The van der Waals surface area contributed by atoms with Crippen molar-refractivity contribution < 1.29 is 0 Å². The Bertz CT molecular complexity index is 475. The Labute approximate surface area is 141 Å². The van der Waals surface area contributed by atoms with Crippen LogP contribution in [0.15, 0.2) is 6.20 Å². The number of hydrogen-bond acceptors (Lipinski definition) is 3. The molecule has 2 heterocycles. The SMILES string of the molecule is CC[C@H]1CN(Cc2cnc(CC3CCCC3)[nH]2)CCN1C(C)C. The summed E-state index contributed by atoms with van der Waals surface area (Å²) in [5.41, 5.74) is 1.30. The highest BCUT2D eigenvalue weighted by Gasteiger charge is 2.27. The molecule has 1 N–H and O–H groups in total. The highest BCUT2D eigenvalue weighted by atomic mass is 15.3. The molecule has 1 aliphatic carbocycles. The van der Waals surface area contributed by atoms with Crippen molar-refractivity contribution in [2.75, 3.05) is 19.6 Å². The van der Waals surface area contributed by atoms with E-state index < -0.39 is 0 Å². The third-order valence-electron chi connectivity index (χ3n) is 5.78. The van der Waals surface area contributed by atoms with Crippen LogP contribution in [0, 0.1) is 5.92 Å². The van der Waals surface area contributed by atoms with E-state index in [1.165, 1.54) is 63.3 Å². The highest BCUT2D eigenvalue weighted by molar-refractivity contribution is 5.03. The van der Waals surface area contributed by atoms with Crippen LogP contribution in [-0.2, 0) is 13.0 Å². The summed E-state index contributed by atoms with van der Waals surface area (Å²) in [5, 5.41) is 0. The first-order valence-electron chi connectivity index (χ1n) is 9.66. The van der Waals surface area contributed by atoms with Crippen LogP contribution < -0.4 is 0 Å². The minimum atomic E-state index is 0.660. The maximum Gasteiger partial charge on any atom is 0.106 e. The van der Waals surface area contributed by atoms with Crippen LogP contribution in [0.1, 0.15) is 64.4 Å². The monoisotopic (exact) mass is 318 g/mol. The van der Waals surface area contributed by atoms with E-state index in [-0.39, 0.29) is 0 Å². The molecule has 1 aromatic rings. The summed E-state index contributed by atoms with van der Waals surface area (Å²) in [7, 11) is 0. The lowest BCUT2D eigenvalue weighted by Crippen LogP contribution is -2.54. The molecule has 1 aliphatic heterocycles. The first kappa shape index (κ1) is 17.0. The van der Waals surface area contributed by atoms with Gasteiger partial charge in [-0.05, 0) is 26.2 Å². The highest BCUT2D eigenvalue weighted by Crippen LogP contribution is 2.27. The second kappa shape index (κ2) is 7.80. The number of aromatic nitrogens is 2. The van der Waals surface area contributed by atoms with Crippen LogP contribution in [-0.4, -0.2) is 51.5 Å². The molecule has 4 nitrogen and oxygen atoms in total. The predicted molar refractivity (Wildman–Crippen MR) is 95.4 cm³/mol. The Kier molecular flexibility index (Phi) is 5.76. The molecule has 0 spiro atoms. The molecule has 1 aromatic heterocycles. The van der Waals surface area contributed by atoms with Crippen molar-refractivity contribution in [3.63, 3.8) is 0 Å². The fourth-order valence-electron chi connectivity index (χ4n) is 4.44. The molecule has 0 amide bonds. The van der Waals surface area contributed by atoms with Crippen molar-refractivity contribution in [2.45, 2.75) is 77.9 Å². The molecular weight excluding hydrogens is 284 g/mol. The summed E-state index contributed by atoms with van der Waals surface area (Å²) >= 11 is 0. The Morgan fingerprint density at radius 3 is 2.74 bits per heavy atom. The van der Waals surface area contributed by atoms with E-state index in [2.05, 4.69) is 46.7 Å². The van der Waals surface area contributed by atoms with Gasteiger partial charge in [-0.15, -0.1) is 0 Å². The maximum absolute atomic E-state index is 4.63. The summed E-state index contributed by atoms with van der Waals surface area (Å²) in [6.07, 6.45) is 10.1. The number of imidazole rings is 1. The number of nitrogens with one attached hydrogen (secondary N) is 1. The van der Waals surface area contributed by atoms with Gasteiger partial charge in [0.25, 0.3) is 0 Å². The first-order chi connectivity index (χ1) is 11.2. The summed E-state index contributed by atoms with van der Waals surface area (Å²) in [6, 6.07) is 1.36. The van der Waals surface area contributed by atoms with Crippen LogP contribution in [0.2, 0.25) is 0 Å². The molecule has 3 rings (SSSR count). The van der Waals surface area contributed by atoms with E-state index in [4.69, 9.17) is 0 Å². The van der Waals surface area contributed by atoms with Crippen molar-refractivity contribution >= 4 is 0 Å². The number of hydrogen-bond donors (Lipinski definition) is 1. The lowest BCUT2D eigenvalue weighted by atomic mass is 10.0. The van der Waals surface area contributed by atoms with Crippen molar-refractivity contribution in [3.05, 3.63) is 17.7 Å². The first-order valence-corrected chi connectivity index (χ1v) is 9.66. The fourth-order valence-corrected chi connectivity index (χ4v) is 4.44. The van der Waals surface area contributed by atoms with Crippen LogP contribution in [0.25, 0.3) is 0 Å². The normalized spacial score (nSPS) is 24.8. The zero-order valence-corrected chi connectivity index (χ0v) is 15.2. The molecule has 1 atom stereocenters. The second-order valence-corrected chi connectivity index (χ2v) is 7.84. The lowest BCUT2D eigenvalue weighted by Gasteiger charge is -2.43. The Morgan fingerprint density at radius 2 is 2.04 bits per heavy atom. The molecule has 0 radical (unpaired) electrons. The molecule has 1 saturated heterocycles. The zero-order valence-electron chi connectivity index (χ0n) is 15.2. The molecule has 2 fully saturated rings. The second-order valence-electron chi connectivity index (χ2n) is 7.84. The van der Waals surface area contributed by atoms with Crippen LogP contribution >= 0.6 is 0 Å². The molecule has 130 valence electrons. The summed E-state index contributed by atoms with van der Waals surface area (Å²) in [5.74, 6) is 2.08. The van der Waals surface area contributed by atoms with Gasteiger partial charge in [-0.1, -0.05) is 32.6 Å². The largest absolute Gasteiger partial charge is 0.345 e. The molecule has 23 heavy (non-hydrogen) atoms. The van der Waals surface area contributed by atoms with E-state index in [0.717, 1.165) is 18.9 Å². The molecular formula is C19H34N4. The predicted octanol–water partition coefficient (Wildman–Crippen LogP) is 3.45. The van der Waals surface area contributed by atoms with E-state index in [1.807, 2.05) is 0 Å². The Morgan fingerprint density at radius 1 is 1.26 bits per heavy atom. The lowest BCUT2D eigenvalue weighted by molar-refractivity contribution is 0.0451. The average molecular weight is 319 g/mol. The minimum absolute atomic E-state index is 0.660. The van der Waals surface area contributed by atoms with Gasteiger partial charge in [0.15, 0.2) is 0 Å². The maximum atomic E-state index is 4.63. The van der Waals surface area contributed by atoms with Gasteiger partial charge < -0.3 is 4.98 Å². The van der Waals surface area contributed by atoms with Gasteiger partial charge in [0.1, 0.15) is 5.82 Å². The Hall–Kier alpha value is -0.870. The summed E-state index contributed by atoms with van der Waals surface area (Å²) < 4.78 is 0. The van der Waals surface area contributed by atoms with Crippen LogP contribution in [0.3, 0.4) is 0 Å². The van der Waals surface area contributed by atoms with Gasteiger partial charge in [-0.2, -0.15) is 0 Å². The minimum Gasteiger partial charge on any atom is -0.345 e. The Balaban J connectivity index is 1.52. The number of aromatic amines is 1. The fraction of sp³-hybridized carbons (Fsp3) is 0.842. The van der Waals surface area contributed by atoms with E-state index in [0.29, 0.717) is 12.1 Å². The van der Waals surface area contributed by atoms with Gasteiger partial charge in [-0.3, -0.25) is 9.80 Å². The van der Waals surface area contributed by atoms with Crippen LogP contribution in [0.5, 0.6) is 0 Å². The summed E-state index contributed by atoms with van der Waals surface area (Å²) in [4.78, 5) is 13.5. The number of H-pyrrole nitrogens is 1. The number of piperazine rings is 1. The molecule has 2 aliphatic rings. The molecule has 0 aromatic carbocycles. The van der Waals surface area contributed by atoms with Crippen molar-refractivity contribution in [2.24, 2.45) is 5.92 Å². The third kappa shape index (κ3) is 4.36. The smallest absolute Gasteiger partial charge is 0.106 e. The molecule has 0 unspecified atom stereocenters. The molecule has 4 heteroatoms.